The molecule has 24 heavy (non-hydrogen) atoms. The molecule has 0 N–H and O–H groups in total. The van der Waals surface area contributed by atoms with E-state index < -0.39 is 0 Å². The van der Waals surface area contributed by atoms with Crippen LogP contribution in [0.1, 0.15) is 34.5 Å². The highest BCUT2D eigenvalue weighted by Gasteiger charge is 2.22. The highest BCUT2D eigenvalue weighted by molar-refractivity contribution is 7.99. The molecule has 1 saturated heterocycles. The van der Waals surface area contributed by atoms with Gasteiger partial charge in [0, 0.05) is 29.7 Å². The van der Waals surface area contributed by atoms with Crippen molar-refractivity contribution in [2.24, 2.45) is 0 Å². The van der Waals surface area contributed by atoms with Crippen molar-refractivity contribution in [3.05, 3.63) is 65.7 Å². The van der Waals surface area contributed by atoms with Gasteiger partial charge >= 0.3 is 0 Å². The highest BCUT2D eigenvalue weighted by Crippen LogP contribution is 2.34. The van der Waals surface area contributed by atoms with Crippen LogP contribution < -0.4 is 4.74 Å². The molecule has 1 fully saturated rings. The summed E-state index contributed by atoms with van der Waals surface area (Å²) in [4.78, 5) is 14.7. The standard InChI is InChI=1S/C20H23NO2S/c1-2-23-18-10-8-17(9-11-18)20(22)21-13-12-19(24-15-14-21)16-6-4-3-5-7-16/h3-11,19H,2,12-15H2,1H3. The number of benzene rings is 2. The van der Waals surface area contributed by atoms with Crippen molar-refractivity contribution in [1.82, 2.24) is 4.90 Å². The van der Waals surface area contributed by atoms with Gasteiger partial charge in [-0.2, -0.15) is 11.8 Å². The number of thioether (sulfide) groups is 1. The minimum Gasteiger partial charge on any atom is -0.494 e. The van der Waals surface area contributed by atoms with E-state index in [1.807, 2.05) is 53.9 Å². The summed E-state index contributed by atoms with van der Waals surface area (Å²) in [7, 11) is 0. The van der Waals surface area contributed by atoms with Gasteiger partial charge in [-0.25, -0.2) is 0 Å². The Kier molecular flexibility index (Phi) is 5.81. The van der Waals surface area contributed by atoms with Gasteiger partial charge in [-0.1, -0.05) is 30.3 Å². The Hall–Kier alpha value is -1.94. The summed E-state index contributed by atoms with van der Waals surface area (Å²) in [5, 5.41) is 0.476. The number of carbonyl (C=O) groups excluding carboxylic acids is 1. The molecule has 0 spiro atoms. The van der Waals surface area contributed by atoms with Gasteiger partial charge in [-0.3, -0.25) is 4.79 Å². The topological polar surface area (TPSA) is 29.5 Å². The van der Waals surface area contributed by atoms with Crippen LogP contribution in [-0.4, -0.2) is 36.3 Å². The summed E-state index contributed by atoms with van der Waals surface area (Å²) in [5.74, 6) is 1.90. The van der Waals surface area contributed by atoms with Gasteiger partial charge in [0.2, 0.25) is 0 Å². The molecule has 126 valence electrons. The highest BCUT2D eigenvalue weighted by atomic mass is 32.2. The summed E-state index contributed by atoms with van der Waals surface area (Å²) in [5.41, 5.74) is 2.10. The maximum absolute atomic E-state index is 12.7. The number of hydrogen-bond donors (Lipinski definition) is 0. The molecule has 2 aromatic carbocycles. The number of hydrogen-bond acceptors (Lipinski definition) is 3. The molecule has 0 aromatic heterocycles. The Balaban J connectivity index is 1.64. The van der Waals surface area contributed by atoms with Crippen LogP contribution in [0.2, 0.25) is 0 Å². The predicted molar refractivity (Wildman–Crippen MR) is 99.8 cm³/mol. The van der Waals surface area contributed by atoms with Crippen molar-refractivity contribution in [2.75, 3.05) is 25.4 Å². The molecule has 0 aliphatic carbocycles. The first-order valence-electron chi connectivity index (χ1n) is 8.46. The lowest BCUT2D eigenvalue weighted by Gasteiger charge is -2.20. The van der Waals surface area contributed by atoms with E-state index in [0.717, 1.165) is 36.6 Å². The molecule has 0 radical (unpaired) electrons. The second kappa shape index (κ2) is 8.25. The Morgan fingerprint density at radius 2 is 1.88 bits per heavy atom. The average Bonchev–Trinajstić information content (AvgIpc) is 2.89. The molecule has 1 aliphatic rings. The number of ether oxygens (including phenoxy) is 1. The molecular formula is C20H23NO2S. The van der Waals surface area contributed by atoms with Crippen LogP contribution >= 0.6 is 11.8 Å². The van der Waals surface area contributed by atoms with E-state index in [1.54, 1.807) is 0 Å². The number of amides is 1. The SMILES string of the molecule is CCOc1ccc(C(=O)N2CCSC(c3ccccc3)CC2)cc1. The molecule has 1 aliphatic heterocycles. The monoisotopic (exact) mass is 341 g/mol. The first-order chi connectivity index (χ1) is 11.8. The van der Waals surface area contributed by atoms with Crippen LogP contribution in [0.15, 0.2) is 54.6 Å². The quantitative estimate of drug-likeness (QED) is 0.825. The van der Waals surface area contributed by atoms with Gasteiger partial charge in [0.1, 0.15) is 5.75 Å². The fraction of sp³-hybridized carbons (Fsp3) is 0.350. The summed E-state index contributed by atoms with van der Waals surface area (Å²) in [6.45, 7) is 4.20. The van der Waals surface area contributed by atoms with Crippen molar-refractivity contribution in [3.63, 3.8) is 0 Å². The second-order valence-electron chi connectivity index (χ2n) is 5.81. The third kappa shape index (κ3) is 4.12. The molecule has 1 atom stereocenters. The van der Waals surface area contributed by atoms with Crippen molar-refractivity contribution in [1.29, 1.82) is 0 Å². The van der Waals surface area contributed by atoms with Crippen LogP contribution in [0, 0.1) is 0 Å². The lowest BCUT2D eigenvalue weighted by atomic mass is 10.1. The zero-order chi connectivity index (χ0) is 16.8. The first-order valence-corrected chi connectivity index (χ1v) is 9.51. The molecule has 3 nitrogen and oxygen atoms in total. The largest absolute Gasteiger partial charge is 0.494 e. The molecule has 1 unspecified atom stereocenters. The molecule has 1 amide bonds. The molecule has 3 rings (SSSR count). The van der Waals surface area contributed by atoms with Crippen LogP contribution in [0.25, 0.3) is 0 Å². The van der Waals surface area contributed by atoms with E-state index in [-0.39, 0.29) is 5.91 Å². The Bertz CT molecular complexity index is 657. The Morgan fingerprint density at radius 3 is 2.58 bits per heavy atom. The average molecular weight is 341 g/mol. The van der Waals surface area contributed by atoms with Crippen molar-refractivity contribution >= 4 is 17.7 Å². The van der Waals surface area contributed by atoms with Gasteiger partial charge in [-0.15, -0.1) is 0 Å². The molecule has 0 saturated carbocycles. The van der Waals surface area contributed by atoms with E-state index in [9.17, 15) is 4.79 Å². The fourth-order valence-corrected chi connectivity index (χ4v) is 4.18. The van der Waals surface area contributed by atoms with E-state index in [2.05, 4.69) is 24.3 Å². The van der Waals surface area contributed by atoms with Gasteiger partial charge < -0.3 is 9.64 Å². The number of nitrogens with zero attached hydrogens (tertiary/aromatic N) is 1. The van der Waals surface area contributed by atoms with E-state index in [1.165, 1.54) is 5.56 Å². The zero-order valence-electron chi connectivity index (χ0n) is 14.0. The van der Waals surface area contributed by atoms with E-state index >= 15 is 0 Å². The minimum absolute atomic E-state index is 0.118. The fourth-order valence-electron chi connectivity index (χ4n) is 2.95. The van der Waals surface area contributed by atoms with Gasteiger partial charge in [-0.05, 0) is 43.2 Å². The number of rotatable bonds is 4. The van der Waals surface area contributed by atoms with Crippen LogP contribution in [0.5, 0.6) is 5.75 Å². The second-order valence-corrected chi connectivity index (χ2v) is 7.12. The van der Waals surface area contributed by atoms with Crippen LogP contribution in [-0.2, 0) is 0 Å². The molecule has 1 heterocycles. The maximum Gasteiger partial charge on any atom is 0.253 e. The van der Waals surface area contributed by atoms with Crippen molar-refractivity contribution < 1.29 is 9.53 Å². The van der Waals surface area contributed by atoms with E-state index in [0.29, 0.717) is 11.9 Å². The molecule has 2 aromatic rings. The molecule has 4 heteroatoms. The van der Waals surface area contributed by atoms with E-state index in [4.69, 9.17) is 4.74 Å². The molecular weight excluding hydrogens is 318 g/mol. The first kappa shape index (κ1) is 16.9. The smallest absolute Gasteiger partial charge is 0.253 e. The predicted octanol–water partition coefficient (Wildman–Crippen LogP) is 4.41. The van der Waals surface area contributed by atoms with Gasteiger partial charge in [0.25, 0.3) is 5.91 Å². The lowest BCUT2D eigenvalue weighted by molar-refractivity contribution is 0.0766. The van der Waals surface area contributed by atoms with Crippen molar-refractivity contribution in [2.45, 2.75) is 18.6 Å². The summed E-state index contributed by atoms with van der Waals surface area (Å²) < 4.78 is 5.44. The van der Waals surface area contributed by atoms with Crippen LogP contribution in [0.3, 0.4) is 0 Å². The minimum atomic E-state index is 0.118. The Morgan fingerprint density at radius 1 is 1.12 bits per heavy atom. The zero-order valence-corrected chi connectivity index (χ0v) is 14.8. The summed E-state index contributed by atoms with van der Waals surface area (Å²) in [6.07, 6.45) is 0.997. The van der Waals surface area contributed by atoms with Gasteiger partial charge in [0.05, 0.1) is 6.61 Å². The van der Waals surface area contributed by atoms with Gasteiger partial charge in [0.15, 0.2) is 0 Å². The Labute approximate surface area is 148 Å². The maximum atomic E-state index is 12.7. The normalized spacial score (nSPS) is 18.0. The number of carbonyl (C=O) groups is 1. The third-order valence-corrected chi connectivity index (χ3v) is 5.54. The van der Waals surface area contributed by atoms with Crippen molar-refractivity contribution in [3.8, 4) is 5.75 Å². The van der Waals surface area contributed by atoms with Crippen LogP contribution in [0.4, 0.5) is 0 Å². The molecule has 0 bridgehead atoms. The third-order valence-electron chi connectivity index (χ3n) is 4.21. The summed E-state index contributed by atoms with van der Waals surface area (Å²) >= 11 is 1.95. The summed E-state index contributed by atoms with van der Waals surface area (Å²) in [6, 6.07) is 18.1. The lowest BCUT2D eigenvalue weighted by Crippen LogP contribution is -2.32.